The minimum Gasteiger partial charge on any atom is -0.396 e. The van der Waals surface area contributed by atoms with Crippen LogP contribution in [0.4, 0.5) is 5.69 Å². The molecule has 3 heteroatoms. The number of rotatable bonds is 4. The summed E-state index contributed by atoms with van der Waals surface area (Å²) in [6.07, 6.45) is 0.825. The van der Waals surface area contributed by atoms with E-state index in [4.69, 9.17) is 5.11 Å². The van der Waals surface area contributed by atoms with Gasteiger partial charge >= 0.3 is 0 Å². The van der Waals surface area contributed by atoms with Crippen LogP contribution in [0.3, 0.4) is 0 Å². The van der Waals surface area contributed by atoms with Gasteiger partial charge in [-0.3, -0.25) is 0 Å². The van der Waals surface area contributed by atoms with Crippen molar-refractivity contribution in [2.24, 2.45) is 0 Å². The lowest BCUT2D eigenvalue weighted by molar-refractivity contribution is 0.290. The quantitative estimate of drug-likeness (QED) is 0.805. The Kier molecular flexibility index (Phi) is 6.37. The maximum atomic E-state index is 8.64. The molecule has 0 fully saturated rings. The lowest BCUT2D eigenvalue weighted by atomic mass is 10.3. The summed E-state index contributed by atoms with van der Waals surface area (Å²) in [7, 11) is 2.03. The van der Waals surface area contributed by atoms with E-state index in [0.29, 0.717) is 0 Å². The molecule has 1 rings (SSSR count). The summed E-state index contributed by atoms with van der Waals surface area (Å²) < 4.78 is 0. The first-order valence-corrected chi connectivity index (χ1v) is 4.21. The first-order chi connectivity index (χ1) is 5.84. The van der Waals surface area contributed by atoms with Gasteiger partial charge in [-0.1, -0.05) is 18.2 Å². The maximum Gasteiger partial charge on any atom is 0.0447 e. The van der Waals surface area contributed by atoms with Crippen molar-refractivity contribution >= 4 is 18.1 Å². The van der Waals surface area contributed by atoms with Crippen molar-refractivity contribution in [2.45, 2.75) is 6.42 Å². The Bertz CT molecular complexity index is 215. The highest BCUT2D eigenvalue weighted by Crippen LogP contribution is 2.10. The predicted octanol–water partition coefficient (Wildman–Crippen LogP) is 1.93. The second kappa shape index (κ2) is 6.75. The predicted molar refractivity (Wildman–Crippen MR) is 58.7 cm³/mol. The Morgan fingerprint density at radius 1 is 1.23 bits per heavy atom. The van der Waals surface area contributed by atoms with Crippen LogP contribution in [0.5, 0.6) is 0 Å². The number of nitrogens with zero attached hydrogens (tertiary/aromatic N) is 1. The van der Waals surface area contributed by atoms with Gasteiger partial charge in [-0.25, -0.2) is 0 Å². The fraction of sp³-hybridized carbons (Fsp3) is 0.400. The molecule has 0 spiro atoms. The molecule has 0 saturated heterocycles. The Hall–Kier alpha value is -0.730. The van der Waals surface area contributed by atoms with Crippen molar-refractivity contribution in [2.75, 3.05) is 25.1 Å². The number of hydrogen-bond donors (Lipinski definition) is 1. The fourth-order valence-corrected chi connectivity index (χ4v) is 1.12. The average Bonchev–Trinajstić information content (AvgIpc) is 2.15. The smallest absolute Gasteiger partial charge is 0.0447 e. The van der Waals surface area contributed by atoms with Gasteiger partial charge in [0.1, 0.15) is 0 Å². The van der Waals surface area contributed by atoms with Crippen LogP contribution in [-0.2, 0) is 0 Å². The van der Waals surface area contributed by atoms with Crippen molar-refractivity contribution in [3.8, 4) is 0 Å². The summed E-state index contributed by atoms with van der Waals surface area (Å²) in [5, 5.41) is 8.64. The topological polar surface area (TPSA) is 23.5 Å². The molecular formula is C10H16ClNO. The fourth-order valence-electron chi connectivity index (χ4n) is 1.12. The number of aliphatic hydroxyl groups excluding tert-OH is 1. The second-order valence-corrected chi connectivity index (χ2v) is 2.83. The molecule has 0 amide bonds. The number of halogens is 1. The molecule has 0 aromatic heterocycles. The first kappa shape index (κ1) is 12.3. The standard InChI is InChI=1S/C10H15NO.ClH/c1-11(8-5-9-12)10-6-3-2-4-7-10;/h2-4,6-7,12H,5,8-9H2,1H3;1H. The summed E-state index contributed by atoms with van der Waals surface area (Å²) in [6, 6.07) is 10.2. The van der Waals surface area contributed by atoms with E-state index >= 15 is 0 Å². The van der Waals surface area contributed by atoms with E-state index in [2.05, 4.69) is 17.0 Å². The lowest BCUT2D eigenvalue weighted by Crippen LogP contribution is -2.18. The van der Waals surface area contributed by atoms with Crippen molar-refractivity contribution in [1.29, 1.82) is 0 Å². The molecule has 0 radical (unpaired) electrons. The average molecular weight is 202 g/mol. The molecule has 2 nitrogen and oxygen atoms in total. The van der Waals surface area contributed by atoms with Gasteiger partial charge in [0.05, 0.1) is 0 Å². The molecule has 0 bridgehead atoms. The van der Waals surface area contributed by atoms with Gasteiger partial charge in [-0.15, -0.1) is 12.4 Å². The molecule has 0 atom stereocenters. The number of aliphatic hydroxyl groups is 1. The van der Waals surface area contributed by atoms with Crippen LogP contribution < -0.4 is 4.90 Å². The lowest BCUT2D eigenvalue weighted by Gasteiger charge is -2.18. The number of benzene rings is 1. The molecule has 74 valence electrons. The third-order valence-corrected chi connectivity index (χ3v) is 1.85. The summed E-state index contributed by atoms with van der Waals surface area (Å²) in [5.41, 5.74) is 1.20. The van der Waals surface area contributed by atoms with Gasteiger partial charge < -0.3 is 10.0 Å². The Labute approximate surface area is 85.6 Å². The monoisotopic (exact) mass is 201 g/mol. The van der Waals surface area contributed by atoms with Gasteiger partial charge in [0.2, 0.25) is 0 Å². The highest BCUT2D eigenvalue weighted by atomic mass is 35.5. The Morgan fingerprint density at radius 3 is 2.38 bits per heavy atom. The largest absolute Gasteiger partial charge is 0.396 e. The Balaban J connectivity index is 0.00000144. The highest BCUT2D eigenvalue weighted by Gasteiger charge is 1.96. The van der Waals surface area contributed by atoms with Gasteiger partial charge in [0.15, 0.2) is 0 Å². The van der Waals surface area contributed by atoms with E-state index in [1.807, 2.05) is 25.2 Å². The third kappa shape index (κ3) is 4.15. The van der Waals surface area contributed by atoms with Crippen LogP contribution in [0.25, 0.3) is 0 Å². The van der Waals surface area contributed by atoms with Gasteiger partial charge in [-0.05, 0) is 18.6 Å². The zero-order valence-corrected chi connectivity index (χ0v) is 8.63. The van der Waals surface area contributed by atoms with E-state index in [-0.39, 0.29) is 19.0 Å². The van der Waals surface area contributed by atoms with E-state index in [1.54, 1.807) is 0 Å². The third-order valence-electron chi connectivity index (χ3n) is 1.85. The SMILES string of the molecule is CN(CCCO)c1ccccc1.Cl. The van der Waals surface area contributed by atoms with Crippen molar-refractivity contribution in [1.82, 2.24) is 0 Å². The van der Waals surface area contributed by atoms with Crippen LogP contribution in [0.2, 0.25) is 0 Å². The van der Waals surface area contributed by atoms with Crippen molar-refractivity contribution in [3.05, 3.63) is 30.3 Å². The maximum absolute atomic E-state index is 8.64. The highest BCUT2D eigenvalue weighted by molar-refractivity contribution is 5.85. The van der Waals surface area contributed by atoms with E-state index in [9.17, 15) is 0 Å². The van der Waals surface area contributed by atoms with Crippen LogP contribution in [0.15, 0.2) is 30.3 Å². The van der Waals surface area contributed by atoms with E-state index in [1.165, 1.54) is 5.69 Å². The van der Waals surface area contributed by atoms with Crippen molar-refractivity contribution < 1.29 is 5.11 Å². The molecule has 0 aliphatic heterocycles. The molecule has 0 aliphatic carbocycles. The minimum absolute atomic E-state index is 0. The zero-order chi connectivity index (χ0) is 8.81. The van der Waals surface area contributed by atoms with E-state index < -0.39 is 0 Å². The molecule has 1 aromatic rings. The summed E-state index contributed by atoms with van der Waals surface area (Å²) in [4.78, 5) is 2.14. The Morgan fingerprint density at radius 2 is 1.85 bits per heavy atom. The summed E-state index contributed by atoms with van der Waals surface area (Å²) in [6.45, 7) is 1.16. The van der Waals surface area contributed by atoms with Crippen LogP contribution in [0, 0.1) is 0 Å². The summed E-state index contributed by atoms with van der Waals surface area (Å²) in [5.74, 6) is 0. The molecule has 13 heavy (non-hydrogen) atoms. The molecule has 1 aromatic carbocycles. The molecule has 0 aliphatic rings. The number of para-hydroxylation sites is 1. The molecule has 0 unspecified atom stereocenters. The number of hydrogen-bond acceptors (Lipinski definition) is 2. The normalized spacial score (nSPS) is 9.08. The molecule has 0 heterocycles. The van der Waals surface area contributed by atoms with E-state index in [0.717, 1.165) is 13.0 Å². The van der Waals surface area contributed by atoms with Gasteiger partial charge in [0.25, 0.3) is 0 Å². The van der Waals surface area contributed by atoms with Gasteiger partial charge in [0, 0.05) is 25.9 Å². The van der Waals surface area contributed by atoms with Crippen LogP contribution in [0.1, 0.15) is 6.42 Å². The molecular weight excluding hydrogens is 186 g/mol. The van der Waals surface area contributed by atoms with Crippen LogP contribution >= 0.6 is 12.4 Å². The van der Waals surface area contributed by atoms with Gasteiger partial charge in [-0.2, -0.15) is 0 Å². The number of anilines is 1. The summed E-state index contributed by atoms with van der Waals surface area (Å²) >= 11 is 0. The molecule has 0 saturated carbocycles. The minimum atomic E-state index is 0. The zero-order valence-electron chi connectivity index (χ0n) is 7.81. The second-order valence-electron chi connectivity index (χ2n) is 2.83. The van der Waals surface area contributed by atoms with Crippen LogP contribution in [-0.4, -0.2) is 25.3 Å². The first-order valence-electron chi connectivity index (χ1n) is 4.21. The molecule has 1 N–H and O–H groups in total. The van der Waals surface area contributed by atoms with Crippen molar-refractivity contribution in [3.63, 3.8) is 0 Å².